The SMILES string of the molecule is COCC(C)Oc1cc(O)cc(C(=O)Nc2ccn(C(=O)OC(C)(C)C)n2)c1. The van der Waals surface area contributed by atoms with Crippen LogP contribution in [-0.2, 0) is 9.47 Å². The number of carbonyl (C=O) groups is 2. The molecule has 1 atom stereocenters. The average molecular weight is 391 g/mol. The van der Waals surface area contributed by atoms with Crippen LogP contribution in [0.3, 0.4) is 0 Å². The maximum atomic E-state index is 12.5. The molecular formula is C19H25N3O6. The van der Waals surface area contributed by atoms with E-state index in [2.05, 4.69) is 10.4 Å². The van der Waals surface area contributed by atoms with Crippen LogP contribution in [0.5, 0.6) is 11.5 Å². The minimum atomic E-state index is -0.662. The molecule has 0 saturated heterocycles. The van der Waals surface area contributed by atoms with E-state index in [1.165, 1.54) is 30.5 Å². The van der Waals surface area contributed by atoms with E-state index >= 15 is 0 Å². The normalized spacial score (nSPS) is 12.3. The average Bonchev–Trinajstić information content (AvgIpc) is 3.01. The van der Waals surface area contributed by atoms with Crippen molar-refractivity contribution in [2.24, 2.45) is 0 Å². The molecule has 1 unspecified atom stereocenters. The first-order valence-electron chi connectivity index (χ1n) is 8.67. The third-order valence-corrected chi connectivity index (χ3v) is 3.30. The van der Waals surface area contributed by atoms with Crippen molar-refractivity contribution in [1.29, 1.82) is 0 Å². The van der Waals surface area contributed by atoms with Crippen LogP contribution in [0.2, 0.25) is 0 Å². The van der Waals surface area contributed by atoms with E-state index < -0.39 is 17.6 Å². The van der Waals surface area contributed by atoms with Crippen LogP contribution >= 0.6 is 0 Å². The molecule has 2 N–H and O–H groups in total. The Morgan fingerprint density at radius 3 is 2.64 bits per heavy atom. The van der Waals surface area contributed by atoms with Gasteiger partial charge < -0.3 is 24.6 Å². The molecule has 0 saturated carbocycles. The molecule has 1 aromatic carbocycles. The zero-order valence-electron chi connectivity index (χ0n) is 16.6. The zero-order valence-corrected chi connectivity index (χ0v) is 16.6. The number of benzene rings is 1. The molecule has 0 fully saturated rings. The lowest BCUT2D eigenvalue weighted by Crippen LogP contribution is -2.27. The van der Waals surface area contributed by atoms with Crippen molar-refractivity contribution in [2.45, 2.75) is 39.4 Å². The summed E-state index contributed by atoms with van der Waals surface area (Å²) in [6, 6.07) is 5.66. The molecule has 9 nitrogen and oxygen atoms in total. The molecule has 2 aromatic rings. The summed E-state index contributed by atoms with van der Waals surface area (Å²) in [5, 5.41) is 16.4. The van der Waals surface area contributed by atoms with E-state index in [1.807, 2.05) is 0 Å². The summed E-state index contributed by atoms with van der Waals surface area (Å²) < 4.78 is 16.8. The zero-order chi connectivity index (χ0) is 20.9. The van der Waals surface area contributed by atoms with Gasteiger partial charge in [0, 0.05) is 31.0 Å². The molecular weight excluding hydrogens is 366 g/mol. The van der Waals surface area contributed by atoms with Gasteiger partial charge in [0.15, 0.2) is 5.82 Å². The fourth-order valence-electron chi connectivity index (χ4n) is 2.27. The molecule has 0 aliphatic carbocycles. The largest absolute Gasteiger partial charge is 0.508 e. The molecule has 152 valence electrons. The van der Waals surface area contributed by atoms with Crippen molar-refractivity contribution in [3.63, 3.8) is 0 Å². The number of ether oxygens (including phenoxy) is 3. The molecule has 1 aromatic heterocycles. The van der Waals surface area contributed by atoms with Gasteiger partial charge in [0.1, 0.15) is 23.2 Å². The summed E-state index contributed by atoms with van der Waals surface area (Å²) in [4.78, 5) is 24.5. The summed E-state index contributed by atoms with van der Waals surface area (Å²) in [5.41, 5.74) is -0.490. The van der Waals surface area contributed by atoms with E-state index in [1.54, 1.807) is 34.8 Å². The Hall–Kier alpha value is -3.07. The van der Waals surface area contributed by atoms with E-state index in [-0.39, 0.29) is 23.2 Å². The molecule has 0 spiro atoms. The standard InChI is InChI=1S/C19H25N3O6/c1-12(11-26-5)27-15-9-13(8-14(23)10-15)17(24)20-16-6-7-22(21-16)18(25)28-19(2,3)4/h6-10,12,23H,11H2,1-5H3,(H,20,21,24). The summed E-state index contributed by atoms with van der Waals surface area (Å²) in [5.74, 6) is -0.149. The number of amides is 1. The van der Waals surface area contributed by atoms with Gasteiger partial charge in [0.25, 0.3) is 5.91 Å². The minimum absolute atomic E-state index is 0.119. The van der Waals surface area contributed by atoms with Crippen LogP contribution in [0, 0.1) is 0 Å². The number of carbonyl (C=O) groups excluding carboxylic acids is 2. The van der Waals surface area contributed by atoms with Crippen molar-refractivity contribution < 1.29 is 28.9 Å². The number of anilines is 1. The molecule has 0 radical (unpaired) electrons. The fourth-order valence-corrected chi connectivity index (χ4v) is 2.27. The number of phenolic OH excluding ortho intramolecular Hbond substituents is 1. The maximum absolute atomic E-state index is 12.5. The minimum Gasteiger partial charge on any atom is -0.508 e. The first kappa shape index (κ1) is 21.2. The number of hydrogen-bond acceptors (Lipinski definition) is 7. The van der Waals surface area contributed by atoms with Gasteiger partial charge in [0.05, 0.1) is 6.61 Å². The third kappa shape index (κ3) is 6.27. The third-order valence-electron chi connectivity index (χ3n) is 3.30. The van der Waals surface area contributed by atoms with Gasteiger partial charge in [0.2, 0.25) is 0 Å². The summed E-state index contributed by atoms with van der Waals surface area (Å²) in [6.07, 6.45) is 0.466. The van der Waals surface area contributed by atoms with Crippen LogP contribution in [0.1, 0.15) is 38.1 Å². The molecule has 0 aliphatic rings. The number of aromatic nitrogens is 2. The van der Waals surface area contributed by atoms with Gasteiger partial charge in [-0.1, -0.05) is 0 Å². The topological polar surface area (TPSA) is 112 Å². The van der Waals surface area contributed by atoms with Crippen molar-refractivity contribution in [3.8, 4) is 11.5 Å². The lowest BCUT2D eigenvalue weighted by Gasteiger charge is -2.18. The van der Waals surface area contributed by atoms with Crippen LogP contribution in [-0.4, -0.2) is 52.3 Å². The Morgan fingerprint density at radius 1 is 1.29 bits per heavy atom. The van der Waals surface area contributed by atoms with E-state index in [0.29, 0.717) is 12.4 Å². The van der Waals surface area contributed by atoms with Crippen LogP contribution < -0.4 is 10.1 Å². The molecule has 1 amide bonds. The Labute approximate surface area is 163 Å². The quantitative estimate of drug-likeness (QED) is 0.778. The molecule has 1 heterocycles. The van der Waals surface area contributed by atoms with Gasteiger partial charge in [-0.05, 0) is 39.8 Å². The molecule has 0 bridgehead atoms. The lowest BCUT2D eigenvalue weighted by atomic mass is 10.2. The van der Waals surface area contributed by atoms with Crippen LogP contribution in [0.4, 0.5) is 10.6 Å². The number of nitrogens with one attached hydrogen (secondary N) is 1. The monoisotopic (exact) mass is 391 g/mol. The summed E-state index contributed by atoms with van der Waals surface area (Å²) >= 11 is 0. The van der Waals surface area contributed by atoms with Gasteiger partial charge >= 0.3 is 6.09 Å². The Bertz CT molecular complexity index is 840. The molecule has 2 rings (SSSR count). The lowest BCUT2D eigenvalue weighted by molar-refractivity contribution is 0.0514. The molecule has 28 heavy (non-hydrogen) atoms. The maximum Gasteiger partial charge on any atom is 0.435 e. The van der Waals surface area contributed by atoms with Gasteiger partial charge in [-0.15, -0.1) is 5.10 Å². The highest BCUT2D eigenvalue weighted by molar-refractivity contribution is 6.04. The van der Waals surface area contributed by atoms with E-state index in [4.69, 9.17) is 14.2 Å². The number of hydrogen-bond donors (Lipinski definition) is 2. The Balaban J connectivity index is 2.09. The molecule has 0 aliphatic heterocycles. The number of aromatic hydroxyl groups is 1. The van der Waals surface area contributed by atoms with Crippen molar-refractivity contribution in [2.75, 3.05) is 19.0 Å². The highest BCUT2D eigenvalue weighted by atomic mass is 16.6. The second-order valence-corrected chi connectivity index (χ2v) is 7.18. The fraction of sp³-hybridized carbons (Fsp3) is 0.421. The first-order valence-corrected chi connectivity index (χ1v) is 8.67. The number of phenols is 1. The molecule has 9 heteroatoms. The van der Waals surface area contributed by atoms with Gasteiger partial charge in [-0.3, -0.25) is 4.79 Å². The van der Waals surface area contributed by atoms with Crippen molar-refractivity contribution in [1.82, 2.24) is 9.78 Å². The predicted octanol–water partition coefficient (Wildman–Crippen LogP) is 3.04. The van der Waals surface area contributed by atoms with Crippen molar-refractivity contribution in [3.05, 3.63) is 36.0 Å². The Morgan fingerprint density at radius 2 is 2.00 bits per heavy atom. The summed E-state index contributed by atoms with van der Waals surface area (Å²) in [7, 11) is 1.55. The van der Waals surface area contributed by atoms with Gasteiger partial charge in [-0.25, -0.2) is 4.79 Å². The predicted molar refractivity (Wildman–Crippen MR) is 102 cm³/mol. The van der Waals surface area contributed by atoms with Gasteiger partial charge in [-0.2, -0.15) is 4.68 Å². The van der Waals surface area contributed by atoms with E-state index in [9.17, 15) is 14.7 Å². The number of methoxy groups -OCH3 is 1. The first-order chi connectivity index (χ1) is 13.1. The van der Waals surface area contributed by atoms with Crippen molar-refractivity contribution >= 4 is 17.8 Å². The van der Waals surface area contributed by atoms with Crippen LogP contribution in [0.25, 0.3) is 0 Å². The van der Waals surface area contributed by atoms with Crippen LogP contribution in [0.15, 0.2) is 30.5 Å². The highest BCUT2D eigenvalue weighted by Gasteiger charge is 2.19. The smallest absolute Gasteiger partial charge is 0.435 e. The second kappa shape index (κ2) is 8.75. The Kier molecular flexibility index (Phi) is 6.63. The number of rotatable bonds is 6. The second-order valence-electron chi connectivity index (χ2n) is 7.18. The van der Waals surface area contributed by atoms with E-state index in [0.717, 1.165) is 4.68 Å². The number of nitrogens with zero attached hydrogens (tertiary/aromatic N) is 2. The highest BCUT2D eigenvalue weighted by Crippen LogP contribution is 2.23. The summed E-state index contributed by atoms with van der Waals surface area (Å²) in [6.45, 7) is 7.39.